The Morgan fingerprint density at radius 1 is 1.47 bits per heavy atom. The number of nitrogens with zero attached hydrogens (tertiary/aromatic N) is 3. The fourth-order valence-corrected chi connectivity index (χ4v) is 1.80. The molecular formula is C14H14N4O. The molecule has 2 aromatic rings. The molecule has 0 unspecified atom stereocenters. The first kappa shape index (κ1) is 12.8. The van der Waals surface area contributed by atoms with Crippen LogP contribution >= 0.6 is 0 Å². The lowest BCUT2D eigenvalue weighted by Crippen LogP contribution is -2.24. The lowest BCUT2D eigenvalue weighted by Gasteiger charge is -2.07. The van der Waals surface area contributed by atoms with Crippen LogP contribution in [0.15, 0.2) is 36.5 Å². The van der Waals surface area contributed by atoms with Crippen LogP contribution in [-0.4, -0.2) is 15.7 Å². The summed E-state index contributed by atoms with van der Waals surface area (Å²) in [7, 11) is 0. The maximum absolute atomic E-state index is 12.0. The van der Waals surface area contributed by atoms with E-state index < -0.39 is 0 Å². The minimum Gasteiger partial charge on any atom is -0.346 e. The highest BCUT2D eigenvalue weighted by atomic mass is 16.1. The Hall–Kier alpha value is -2.61. The molecule has 0 aliphatic carbocycles. The van der Waals surface area contributed by atoms with Gasteiger partial charge in [-0.1, -0.05) is 6.07 Å². The average Bonchev–Trinajstić information content (AvgIpc) is 2.92. The zero-order valence-corrected chi connectivity index (χ0v) is 10.6. The number of amides is 1. The van der Waals surface area contributed by atoms with Gasteiger partial charge in [-0.3, -0.25) is 9.48 Å². The summed E-state index contributed by atoms with van der Waals surface area (Å²) in [6.45, 7) is 3.18. The van der Waals surface area contributed by atoms with Gasteiger partial charge in [-0.2, -0.15) is 10.4 Å². The number of rotatable bonds is 4. The van der Waals surface area contributed by atoms with Crippen LogP contribution in [0.2, 0.25) is 0 Å². The highest BCUT2D eigenvalue weighted by molar-refractivity contribution is 5.94. The van der Waals surface area contributed by atoms with Crippen LogP contribution in [0.5, 0.6) is 0 Å². The van der Waals surface area contributed by atoms with E-state index >= 15 is 0 Å². The fourth-order valence-electron chi connectivity index (χ4n) is 1.80. The van der Waals surface area contributed by atoms with E-state index in [4.69, 9.17) is 5.26 Å². The van der Waals surface area contributed by atoms with Crippen molar-refractivity contribution in [1.29, 1.82) is 5.26 Å². The second kappa shape index (κ2) is 5.83. The molecule has 1 aromatic carbocycles. The molecule has 96 valence electrons. The molecule has 0 radical (unpaired) electrons. The predicted octanol–water partition coefficient (Wildman–Crippen LogP) is 1.70. The summed E-state index contributed by atoms with van der Waals surface area (Å²) in [6, 6.07) is 10.5. The van der Waals surface area contributed by atoms with E-state index in [1.807, 2.05) is 23.7 Å². The van der Waals surface area contributed by atoms with Gasteiger partial charge in [-0.15, -0.1) is 0 Å². The van der Waals surface area contributed by atoms with Crippen molar-refractivity contribution in [3.63, 3.8) is 0 Å². The molecule has 0 aliphatic rings. The quantitative estimate of drug-likeness (QED) is 0.902. The van der Waals surface area contributed by atoms with Crippen LogP contribution in [0.4, 0.5) is 0 Å². The van der Waals surface area contributed by atoms with E-state index in [0.29, 0.717) is 17.7 Å². The Morgan fingerprint density at radius 2 is 2.32 bits per heavy atom. The minimum atomic E-state index is -0.194. The highest BCUT2D eigenvalue weighted by Crippen LogP contribution is 2.05. The van der Waals surface area contributed by atoms with Gasteiger partial charge < -0.3 is 5.32 Å². The number of aryl methyl sites for hydroxylation is 1. The monoisotopic (exact) mass is 254 g/mol. The standard InChI is InChI=1S/C14H14N4O/c1-2-18-13(6-7-17-18)10-16-14(19)12-5-3-4-11(8-12)9-15/h3-8H,2,10H2,1H3,(H,16,19). The fraction of sp³-hybridized carbons (Fsp3) is 0.214. The van der Waals surface area contributed by atoms with Gasteiger partial charge in [0.15, 0.2) is 0 Å². The topological polar surface area (TPSA) is 70.7 Å². The van der Waals surface area contributed by atoms with Crippen molar-refractivity contribution in [2.45, 2.75) is 20.0 Å². The van der Waals surface area contributed by atoms with Gasteiger partial charge in [0.05, 0.1) is 23.9 Å². The Bertz CT molecular complexity index is 624. The van der Waals surface area contributed by atoms with Crippen molar-refractivity contribution in [1.82, 2.24) is 15.1 Å². The highest BCUT2D eigenvalue weighted by Gasteiger charge is 2.07. The summed E-state index contributed by atoms with van der Waals surface area (Å²) in [5, 5.41) is 15.8. The first-order valence-electron chi connectivity index (χ1n) is 6.03. The molecule has 2 rings (SSSR count). The normalized spacial score (nSPS) is 9.89. The number of hydrogen-bond donors (Lipinski definition) is 1. The van der Waals surface area contributed by atoms with Gasteiger partial charge in [0.2, 0.25) is 0 Å². The van der Waals surface area contributed by atoms with Crippen molar-refractivity contribution >= 4 is 5.91 Å². The molecule has 0 fully saturated rings. The molecule has 5 heteroatoms. The van der Waals surface area contributed by atoms with E-state index in [9.17, 15) is 4.79 Å². The SMILES string of the molecule is CCn1nccc1CNC(=O)c1cccc(C#N)c1. The van der Waals surface area contributed by atoms with Crippen molar-refractivity contribution in [3.8, 4) is 6.07 Å². The first-order valence-corrected chi connectivity index (χ1v) is 6.03. The lowest BCUT2D eigenvalue weighted by atomic mass is 10.1. The second-order valence-electron chi connectivity index (χ2n) is 4.01. The van der Waals surface area contributed by atoms with Crippen molar-refractivity contribution < 1.29 is 4.79 Å². The summed E-state index contributed by atoms with van der Waals surface area (Å²) in [5.74, 6) is -0.194. The number of hydrogen-bond acceptors (Lipinski definition) is 3. The zero-order valence-electron chi connectivity index (χ0n) is 10.6. The van der Waals surface area contributed by atoms with E-state index in [-0.39, 0.29) is 5.91 Å². The molecule has 5 nitrogen and oxygen atoms in total. The number of carbonyl (C=O) groups is 1. The van der Waals surface area contributed by atoms with Crippen LogP contribution < -0.4 is 5.32 Å². The van der Waals surface area contributed by atoms with Crippen LogP contribution in [0.1, 0.15) is 28.5 Å². The maximum Gasteiger partial charge on any atom is 0.251 e. The van der Waals surface area contributed by atoms with Crippen LogP contribution in [0.3, 0.4) is 0 Å². The molecule has 1 aromatic heterocycles. The lowest BCUT2D eigenvalue weighted by molar-refractivity contribution is 0.0950. The van der Waals surface area contributed by atoms with Gasteiger partial charge in [0, 0.05) is 18.3 Å². The summed E-state index contributed by atoms with van der Waals surface area (Å²) in [5.41, 5.74) is 1.92. The van der Waals surface area contributed by atoms with Crippen molar-refractivity contribution in [2.75, 3.05) is 0 Å². The van der Waals surface area contributed by atoms with E-state index in [0.717, 1.165) is 12.2 Å². The predicted molar refractivity (Wildman–Crippen MR) is 70.2 cm³/mol. The van der Waals surface area contributed by atoms with Crippen LogP contribution in [0, 0.1) is 11.3 Å². The van der Waals surface area contributed by atoms with Gasteiger partial charge in [0.1, 0.15) is 0 Å². The van der Waals surface area contributed by atoms with Gasteiger partial charge in [-0.05, 0) is 31.2 Å². The molecule has 1 N–H and O–H groups in total. The van der Waals surface area contributed by atoms with Gasteiger partial charge >= 0.3 is 0 Å². The maximum atomic E-state index is 12.0. The minimum absolute atomic E-state index is 0.194. The Morgan fingerprint density at radius 3 is 3.05 bits per heavy atom. The Balaban J connectivity index is 2.03. The van der Waals surface area contributed by atoms with E-state index in [1.54, 1.807) is 30.5 Å². The summed E-state index contributed by atoms with van der Waals surface area (Å²) < 4.78 is 1.83. The molecule has 0 atom stereocenters. The van der Waals surface area contributed by atoms with Crippen LogP contribution in [0.25, 0.3) is 0 Å². The molecule has 1 heterocycles. The Labute approximate surface area is 111 Å². The molecular weight excluding hydrogens is 240 g/mol. The van der Waals surface area contributed by atoms with Crippen molar-refractivity contribution in [2.24, 2.45) is 0 Å². The number of aromatic nitrogens is 2. The second-order valence-corrected chi connectivity index (χ2v) is 4.01. The smallest absolute Gasteiger partial charge is 0.251 e. The molecule has 0 aliphatic heterocycles. The number of benzene rings is 1. The molecule has 19 heavy (non-hydrogen) atoms. The van der Waals surface area contributed by atoms with E-state index in [2.05, 4.69) is 10.4 Å². The first-order chi connectivity index (χ1) is 9.24. The van der Waals surface area contributed by atoms with Crippen molar-refractivity contribution in [3.05, 3.63) is 53.3 Å². The Kier molecular flexibility index (Phi) is 3.94. The number of nitriles is 1. The third-order valence-electron chi connectivity index (χ3n) is 2.79. The molecule has 0 saturated carbocycles. The molecule has 0 spiro atoms. The summed E-state index contributed by atoms with van der Waals surface area (Å²) >= 11 is 0. The van der Waals surface area contributed by atoms with Crippen LogP contribution in [-0.2, 0) is 13.1 Å². The molecule has 0 bridgehead atoms. The molecule has 1 amide bonds. The third-order valence-corrected chi connectivity index (χ3v) is 2.79. The zero-order chi connectivity index (χ0) is 13.7. The average molecular weight is 254 g/mol. The van der Waals surface area contributed by atoms with Gasteiger partial charge in [0.25, 0.3) is 5.91 Å². The summed E-state index contributed by atoms with van der Waals surface area (Å²) in [6.07, 6.45) is 1.71. The summed E-state index contributed by atoms with van der Waals surface area (Å²) in [4.78, 5) is 12.0. The number of carbonyl (C=O) groups excluding carboxylic acids is 1. The van der Waals surface area contributed by atoms with E-state index in [1.165, 1.54) is 0 Å². The molecule has 0 saturated heterocycles. The third kappa shape index (κ3) is 2.99. The largest absolute Gasteiger partial charge is 0.346 e. The van der Waals surface area contributed by atoms with Gasteiger partial charge in [-0.25, -0.2) is 0 Å². The number of nitrogens with one attached hydrogen (secondary N) is 1.